The van der Waals surface area contributed by atoms with Gasteiger partial charge in [-0.25, -0.2) is 4.68 Å². The van der Waals surface area contributed by atoms with Gasteiger partial charge in [0.05, 0.1) is 5.69 Å². The van der Waals surface area contributed by atoms with Gasteiger partial charge in [0, 0.05) is 44.5 Å². The molecular formula is C19H23N5O3. The summed E-state index contributed by atoms with van der Waals surface area (Å²) >= 11 is 0. The maximum absolute atomic E-state index is 12.7. The molecule has 2 heterocycles. The second-order valence-corrected chi connectivity index (χ2v) is 6.47. The maximum Gasteiger partial charge on any atom is 0.247 e. The summed E-state index contributed by atoms with van der Waals surface area (Å²) in [6.07, 6.45) is 5.13. The molecule has 8 nitrogen and oxygen atoms in total. The molecule has 1 aromatic heterocycles. The Balaban J connectivity index is 1.62. The van der Waals surface area contributed by atoms with Gasteiger partial charge in [-0.2, -0.15) is 5.10 Å². The van der Waals surface area contributed by atoms with Gasteiger partial charge in [-0.15, -0.1) is 0 Å². The molecule has 3 amide bonds. The van der Waals surface area contributed by atoms with E-state index in [1.165, 1.54) is 6.92 Å². The molecule has 0 saturated carbocycles. The van der Waals surface area contributed by atoms with Gasteiger partial charge in [-0.1, -0.05) is 6.07 Å². The van der Waals surface area contributed by atoms with E-state index in [1.807, 2.05) is 36.5 Å². The SMILES string of the molecule is CC(=O)NCCC(=O)N1CCC[C@@H]1C(=O)Nc1cccc(-n2cccn2)c1. The fourth-order valence-electron chi connectivity index (χ4n) is 3.20. The van der Waals surface area contributed by atoms with Crippen LogP contribution in [0, 0.1) is 0 Å². The minimum absolute atomic E-state index is 0.119. The molecule has 0 aliphatic carbocycles. The quantitative estimate of drug-likeness (QED) is 0.803. The number of hydrogen-bond donors (Lipinski definition) is 2. The third kappa shape index (κ3) is 4.72. The third-order valence-electron chi connectivity index (χ3n) is 4.47. The lowest BCUT2D eigenvalue weighted by Gasteiger charge is -2.24. The molecule has 1 atom stereocenters. The number of carbonyl (C=O) groups is 3. The van der Waals surface area contributed by atoms with Crippen molar-refractivity contribution in [3.63, 3.8) is 0 Å². The standard InChI is InChI=1S/C19H23N5O3/c1-14(25)20-10-8-18(26)23-11-3-7-17(23)19(27)22-15-5-2-6-16(13-15)24-12-4-9-21-24/h2,4-6,9,12-13,17H,3,7-8,10-11H2,1H3,(H,20,25)(H,22,27)/t17-/m1/s1. The summed E-state index contributed by atoms with van der Waals surface area (Å²) in [5, 5.41) is 9.69. The van der Waals surface area contributed by atoms with Crippen LogP contribution in [0.15, 0.2) is 42.7 Å². The zero-order valence-electron chi connectivity index (χ0n) is 15.2. The molecule has 1 fully saturated rings. The zero-order valence-corrected chi connectivity index (χ0v) is 15.2. The Labute approximate surface area is 157 Å². The molecule has 2 N–H and O–H groups in total. The fraction of sp³-hybridized carbons (Fsp3) is 0.368. The summed E-state index contributed by atoms with van der Waals surface area (Å²) < 4.78 is 1.71. The topological polar surface area (TPSA) is 96.3 Å². The number of carbonyl (C=O) groups excluding carboxylic acids is 3. The molecule has 3 rings (SSSR count). The second-order valence-electron chi connectivity index (χ2n) is 6.47. The molecule has 27 heavy (non-hydrogen) atoms. The molecule has 8 heteroatoms. The Morgan fingerprint density at radius 3 is 2.85 bits per heavy atom. The van der Waals surface area contributed by atoms with Crippen molar-refractivity contribution in [3.8, 4) is 5.69 Å². The van der Waals surface area contributed by atoms with Crippen LogP contribution < -0.4 is 10.6 Å². The van der Waals surface area contributed by atoms with Gasteiger partial charge in [-0.3, -0.25) is 14.4 Å². The summed E-state index contributed by atoms with van der Waals surface area (Å²) in [6, 6.07) is 8.73. The van der Waals surface area contributed by atoms with Crippen LogP contribution in [0.25, 0.3) is 5.69 Å². The molecule has 0 radical (unpaired) electrons. The van der Waals surface area contributed by atoms with E-state index in [0.717, 1.165) is 12.1 Å². The minimum atomic E-state index is -0.483. The summed E-state index contributed by atoms with van der Waals surface area (Å²) in [5.41, 5.74) is 1.50. The number of hydrogen-bond acceptors (Lipinski definition) is 4. The lowest BCUT2D eigenvalue weighted by molar-refractivity contribution is -0.136. The van der Waals surface area contributed by atoms with Crippen molar-refractivity contribution >= 4 is 23.4 Å². The molecule has 1 saturated heterocycles. The first-order valence-electron chi connectivity index (χ1n) is 8.99. The second kappa shape index (κ2) is 8.48. The van der Waals surface area contributed by atoms with E-state index in [0.29, 0.717) is 18.7 Å². The fourth-order valence-corrected chi connectivity index (χ4v) is 3.20. The van der Waals surface area contributed by atoms with Gasteiger partial charge in [0.15, 0.2) is 0 Å². The molecular weight excluding hydrogens is 346 g/mol. The van der Waals surface area contributed by atoms with Gasteiger partial charge >= 0.3 is 0 Å². The van der Waals surface area contributed by atoms with Gasteiger partial charge in [-0.05, 0) is 37.1 Å². The maximum atomic E-state index is 12.7. The lowest BCUT2D eigenvalue weighted by Crippen LogP contribution is -2.44. The number of rotatable bonds is 6. The highest BCUT2D eigenvalue weighted by molar-refractivity contribution is 5.97. The molecule has 1 aliphatic heterocycles. The molecule has 0 unspecified atom stereocenters. The van der Waals surface area contributed by atoms with Crippen LogP contribution in [0.5, 0.6) is 0 Å². The van der Waals surface area contributed by atoms with Crippen LogP contribution in [-0.4, -0.2) is 51.5 Å². The van der Waals surface area contributed by atoms with Crippen molar-refractivity contribution in [1.29, 1.82) is 0 Å². The van der Waals surface area contributed by atoms with Crippen LogP contribution in [-0.2, 0) is 14.4 Å². The number of likely N-dealkylation sites (tertiary alicyclic amines) is 1. The Kier molecular flexibility index (Phi) is 5.85. The van der Waals surface area contributed by atoms with E-state index >= 15 is 0 Å². The third-order valence-corrected chi connectivity index (χ3v) is 4.47. The van der Waals surface area contributed by atoms with Gasteiger partial charge in [0.25, 0.3) is 0 Å². The van der Waals surface area contributed by atoms with Crippen LogP contribution in [0.2, 0.25) is 0 Å². The summed E-state index contributed by atoms with van der Waals surface area (Å²) in [7, 11) is 0. The van der Waals surface area contributed by atoms with Crippen molar-refractivity contribution in [2.75, 3.05) is 18.4 Å². The predicted octanol–water partition coefficient (Wildman–Crippen LogP) is 1.33. The Morgan fingerprint density at radius 1 is 1.26 bits per heavy atom. The van der Waals surface area contributed by atoms with Crippen LogP contribution in [0.3, 0.4) is 0 Å². The summed E-state index contributed by atoms with van der Waals surface area (Å²) in [6.45, 7) is 2.25. The average molecular weight is 369 g/mol. The smallest absolute Gasteiger partial charge is 0.247 e. The molecule has 0 bridgehead atoms. The number of benzene rings is 1. The number of nitrogens with one attached hydrogen (secondary N) is 2. The van der Waals surface area contributed by atoms with E-state index in [2.05, 4.69) is 15.7 Å². The van der Waals surface area contributed by atoms with Gasteiger partial charge in [0.1, 0.15) is 6.04 Å². The van der Waals surface area contributed by atoms with Crippen molar-refractivity contribution in [1.82, 2.24) is 20.0 Å². The average Bonchev–Trinajstić information content (AvgIpc) is 3.33. The first kappa shape index (κ1) is 18.6. The van der Waals surface area contributed by atoms with Crippen molar-refractivity contribution < 1.29 is 14.4 Å². The molecule has 142 valence electrons. The summed E-state index contributed by atoms with van der Waals surface area (Å²) in [4.78, 5) is 37.6. The first-order chi connectivity index (χ1) is 13.0. The monoisotopic (exact) mass is 369 g/mol. The van der Waals surface area contributed by atoms with Crippen LogP contribution in [0.1, 0.15) is 26.2 Å². The van der Waals surface area contributed by atoms with E-state index in [-0.39, 0.29) is 30.7 Å². The highest BCUT2D eigenvalue weighted by atomic mass is 16.2. The highest BCUT2D eigenvalue weighted by Crippen LogP contribution is 2.21. The van der Waals surface area contributed by atoms with Gasteiger partial charge < -0.3 is 15.5 Å². The van der Waals surface area contributed by atoms with Crippen LogP contribution >= 0.6 is 0 Å². The first-order valence-corrected chi connectivity index (χ1v) is 8.99. The highest BCUT2D eigenvalue weighted by Gasteiger charge is 2.33. The Hall–Kier alpha value is -3.16. The van der Waals surface area contributed by atoms with Crippen molar-refractivity contribution in [2.24, 2.45) is 0 Å². The molecule has 2 aromatic rings. The lowest BCUT2D eigenvalue weighted by atomic mass is 10.2. The minimum Gasteiger partial charge on any atom is -0.356 e. The van der Waals surface area contributed by atoms with Gasteiger partial charge in [0.2, 0.25) is 17.7 Å². The molecule has 1 aromatic carbocycles. The van der Waals surface area contributed by atoms with E-state index < -0.39 is 6.04 Å². The Morgan fingerprint density at radius 2 is 2.11 bits per heavy atom. The number of nitrogens with zero attached hydrogens (tertiary/aromatic N) is 3. The number of anilines is 1. The number of aromatic nitrogens is 2. The zero-order chi connectivity index (χ0) is 19.2. The predicted molar refractivity (Wildman–Crippen MR) is 100 cm³/mol. The van der Waals surface area contributed by atoms with Crippen molar-refractivity contribution in [3.05, 3.63) is 42.7 Å². The normalized spacial score (nSPS) is 16.2. The van der Waals surface area contributed by atoms with E-state index in [9.17, 15) is 14.4 Å². The van der Waals surface area contributed by atoms with Crippen molar-refractivity contribution in [2.45, 2.75) is 32.2 Å². The Bertz CT molecular complexity index is 819. The summed E-state index contributed by atoms with van der Waals surface area (Å²) in [5.74, 6) is -0.486. The van der Waals surface area contributed by atoms with Crippen LogP contribution in [0.4, 0.5) is 5.69 Å². The largest absolute Gasteiger partial charge is 0.356 e. The van der Waals surface area contributed by atoms with E-state index in [1.54, 1.807) is 15.8 Å². The molecule has 0 spiro atoms. The molecule has 1 aliphatic rings. The van der Waals surface area contributed by atoms with E-state index in [4.69, 9.17) is 0 Å². The number of amides is 3.